The topological polar surface area (TPSA) is 84.2 Å². The number of carbonyl (C=O) groups excluding carboxylic acids is 1. The van der Waals surface area contributed by atoms with Crippen LogP contribution in [-0.4, -0.2) is 26.8 Å². The molecule has 1 aromatic carbocycles. The van der Waals surface area contributed by atoms with Crippen molar-refractivity contribution >= 4 is 40.8 Å². The molecule has 0 radical (unpaired) electrons. The summed E-state index contributed by atoms with van der Waals surface area (Å²) < 4.78 is 1.25. The molecule has 0 saturated carbocycles. The van der Waals surface area contributed by atoms with E-state index in [1.165, 1.54) is 30.1 Å². The molecule has 0 saturated heterocycles. The van der Waals surface area contributed by atoms with Gasteiger partial charge in [0.2, 0.25) is 0 Å². The van der Waals surface area contributed by atoms with E-state index < -0.39 is 11.9 Å². The number of nitrogens with zero attached hydrogens (tertiary/aromatic N) is 2. The quantitative estimate of drug-likeness (QED) is 0.912. The van der Waals surface area contributed by atoms with Crippen LogP contribution in [-0.2, 0) is 7.05 Å². The van der Waals surface area contributed by atoms with Crippen LogP contribution < -0.4 is 5.32 Å². The highest BCUT2D eigenvalue weighted by Crippen LogP contribution is 2.26. The first-order chi connectivity index (χ1) is 9.38. The summed E-state index contributed by atoms with van der Waals surface area (Å²) in [5.74, 6) is -1.89. The number of hydrogen-bond donors (Lipinski definition) is 2. The van der Waals surface area contributed by atoms with Gasteiger partial charge in [0.15, 0.2) is 5.69 Å². The van der Waals surface area contributed by atoms with Crippen molar-refractivity contribution in [3.63, 3.8) is 0 Å². The summed E-state index contributed by atoms with van der Waals surface area (Å²) in [5.41, 5.74) is -0.0395. The zero-order valence-electron chi connectivity index (χ0n) is 10.2. The molecule has 0 aliphatic rings. The van der Waals surface area contributed by atoms with Crippen molar-refractivity contribution in [2.45, 2.75) is 0 Å². The Morgan fingerprint density at radius 2 is 2.05 bits per heavy atom. The van der Waals surface area contributed by atoms with Crippen LogP contribution in [0.25, 0.3) is 0 Å². The molecular formula is C12H9Cl2N3O3. The van der Waals surface area contributed by atoms with Crippen molar-refractivity contribution in [1.29, 1.82) is 0 Å². The van der Waals surface area contributed by atoms with Crippen LogP contribution in [0.3, 0.4) is 0 Å². The Morgan fingerprint density at radius 3 is 2.65 bits per heavy atom. The van der Waals surface area contributed by atoms with Crippen molar-refractivity contribution < 1.29 is 14.7 Å². The molecule has 20 heavy (non-hydrogen) atoms. The van der Waals surface area contributed by atoms with Gasteiger partial charge >= 0.3 is 5.97 Å². The molecule has 0 atom stereocenters. The fourth-order valence-corrected chi connectivity index (χ4v) is 2.05. The van der Waals surface area contributed by atoms with Crippen LogP contribution in [0.15, 0.2) is 24.4 Å². The van der Waals surface area contributed by atoms with Gasteiger partial charge in [0, 0.05) is 18.3 Å². The first-order valence-electron chi connectivity index (χ1n) is 5.42. The minimum atomic E-state index is -1.28. The lowest BCUT2D eigenvalue weighted by atomic mass is 10.2. The number of carbonyl (C=O) groups is 2. The number of aryl methyl sites for hydroxylation is 1. The Labute approximate surface area is 123 Å². The lowest BCUT2D eigenvalue weighted by molar-refractivity contribution is 0.0685. The van der Waals surface area contributed by atoms with Crippen molar-refractivity contribution in [3.05, 3.63) is 45.7 Å². The third kappa shape index (κ3) is 2.92. The molecule has 2 aromatic rings. The van der Waals surface area contributed by atoms with Crippen molar-refractivity contribution in [1.82, 2.24) is 9.78 Å². The van der Waals surface area contributed by atoms with Gasteiger partial charge in [-0.25, -0.2) is 4.79 Å². The lowest BCUT2D eigenvalue weighted by Crippen LogP contribution is -2.15. The molecule has 0 spiro atoms. The van der Waals surface area contributed by atoms with Gasteiger partial charge in [0.1, 0.15) is 0 Å². The predicted molar refractivity (Wildman–Crippen MR) is 74.6 cm³/mol. The standard InChI is InChI=1S/C12H9Cl2N3O3/c1-17-5-7(10(16-17)12(19)20)11(18)15-9-3-2-6(13)4-8(9)14/h2-5H,1H3,(H,15,18)(H,19,20). The molecule has 1 amide bonds. The number of aromatic carboxylic acids is 1. The molecular weight excluding hydrogens is 305 g/mol. The van der Waals surface area contributed by atoms with E-state index in [0.29, 0.717) is 10.7 Å². The Kier molecular flexibility index (Phi) is 3.96. The van der Waals surface area contributed by atoms with E-state index >= 15 is 0 Å². The summed E-state index contributed by atoms with van der Waals surface area (Å²) >= 11 is 11.7. The van der Waals surface area contributed by atoms with Gasteiger partial charge in [0.05, 0.1) is 16.3 Å². The second-order valence-corrected chi connectivity index (χ2v) is 4.79. The summed E-state index contributed by atoms with van der Waals surface area (Å²) in [6.45, 7) is 0. The maximum absolute atomic E-state index is 12.1. The van der Waals surface area contributed by atoms with Crippen LogP contribution in [0, 0.1) is 0 Å². The molecule has 104 valence electrons. The second kappa shape index (κ2) is 5.52. The Balaban J connectivity index is 2.31. The van der Waals surface area contributed by atoms with Gasteiger partial charge in [0.25, 0.3) is 5.91 Å². The van der Waals surface area contributed by atoms with Crippen molar-refractivity contribution in [2.24, 2.45) is 7.05 Å². The van der Waals surface area contributed by atoms with Gasteiger partial charge in [-0.3, -0.25) is 9.48 Å². The van der Waals surface area contributed by atoms with Gasteiger partial charge in [-0.1, -0.05) is 23.2 Å². The highest BCUT2D eigenvalue weighted by Gasteiger charge is 2.21. The van der Waals surface area contributed by atoms with E-state index in [-0.39, 0.29) is 16.3 Å². The van der Waals surface area contributed by atoms with Crippen LogP contribution in [0.2, 0.25) is 10.0 Å². The Morgan fingerprint density at radius 1 is 1.35 bits per heavy atom. The largest absolute Gasteiger partial charge is 0.476 e. The van der Waals surface area contributed by atoms with Crippen LogP contribution in [0.1, 0.15) is 20.8 Å². The predicted octanol–water partition coefficient (Wildman–Crippen LogP) is 2.68. The summed E-state index contributed by atoms with van der Waals surface area (Å²) in [6, 6.07) is 4.56. The van der Waals surface area contributed by atoms with E-state index in [1.54, 1.807) is 6.07 Å². The average Bonchev–Trinajstić information content (AvgIpc) is 2.75. The number of anilines is 1. The van der Waals surface area contributed by atoms with Gasteiger partial charge in [-0.2, -0.15) is 5.10 Å². The van der Waals surface area contributed by atoms with Gasteiger partial charge in [-0.15, -0.1) is 0 Å². The van der Waals surface area contributed by atoms with E-state index in [0.717, 1.165) is 0 Å². The van der Waals surface area contributed by atoms with Crippen LogP contribution in [0.5, 0.6) is 0 Å². The normalized spacial score (nSPS) is 10.3. The number of benzene rings is 1. The summed E-state index contributed by atoms with van der Waals surface area (Å²) in [6.07, 6.45) is 1.32. The van der Waals surface area contributed by atoms with Gasteiger partial charge < -0.3 is 10.4 Å². The monoisotopic (exact) mass is 313 g/mol. The zero-order valence-corrected chi connectivity index (χ0v) is 11.7. The van der Waals surface area contributed by atoms with Crippen molar-refractivity contribution in [2.75, 3.05) is 5.32 Å². The molecule has 0 aliphatic carbocycles. The summed E-state index contributed by atoms with van der Waals surface area (Å²) in [7, 11) is 1.53. The fraction of sp³-hybridized carbons (Fsp3) is 0.0833. The third-order valence-electron chi connectivity index (χ3n) is 2.46. The fourth-order valence-electron chi connectivity index (χ4n) is 1.59. The average molecular weight is 314 g/mol. The molecule has 2 rings (SSSR count). The molecule has 6 nitrogen and oxygen atoms in total. The SMILES string of the molecule is Cn1cc(C(=O)Nc2ccc(Cl)cc2Cl)c(C(=O)O)n1. The van der Waals surface area contributed by atoms with E-state index in [4.69, 9.17) is 28.3 Å². The molecule has 0 bridgehead atoms. The molecule has 1 heterocycles. The number of carboxylic acids is 1. The third-order valence-corrected chi connectivity index (χ3v) is 3.00. The van der Waals surface area contributed by atoms with E-state index in [2.05, 4.69) is 10.4 Å². The smallest absolute Gasteiger partial charge is 0.357 e. The highest BCUT2D eigenvalue weighted by molar-refractivity contribution is 6.36. The first-order valence-corrected chi connectivity index (χ1v) is 6.17. The number of hydrogen-bond acceptors (Lipinski definition) is 3. The Bertz CT molecular complexity index is 697. The van der Waals surface area contributed by atoms with Crippen LogP contribution in [0.4, 0.5) is 5.69 Å². The molecule has 0 aliphatic heterocycles. The maximum atomic E-state index is 12.1. The summed E-state index contributed by atoms with van der Waals surface area (Å²) in [5, 5.41) is 15.9. The Hall–Kier alpha value is -2.05. The molecule has 0 unspecified atom stereocenters. The molecule has 2 N–H and O–H groups in total. The van der Waals surface area contributed by atoms with Crippen molar-refractivity contribution in [3.8, 4) is 0 Å². The zero-order chi connectivity index (χ0) is 14.9. The van der Waals surface area contributed by atoms with E-state index in [9.17, 15) is 9.59 Å². The molecule has 1 aromatic heterocycles. The molecule has 0 fully saturated rings. The molecule has 8 heteroatoms. The number of nitrogens with one attached hydrogen (secondary N) is 1. The maximum Gasteiger partial charge on any atom is 0.357 e. The number of aromatic nitrogens is 2. The van der Waals surface area contributed by atoms with Crippen LogP contribution >= 0.6 is 23.2 Å². The van der Waals surface area contributed by atoms with Gasteiger partial charge in [-0.05, 0) is 18.2 Å². The number of halogens is 2. The lowest BCUT2D eigenvalue weighted by Gasteiger charge is -2.06. The second-order valence-electron chi connectivity index (χ2n) is 3.95. The number of rotatable bonds is 3. The minimum absolute atomic E-state index is 0.0500. The number of amides is 1. The highest BCUT2D eigenvalue weighted by atomic mass is 35.5. The van der Waals surface area contributed by atoms with E-state index in [1.807, 2.05) is 0 Å². The summed E-state index contributed by atoms with van der Waals surface area (Å²) in [4.78, 5) is 23.1. The minimum Gasteiger partial charge on any atom is -0.476 e. The number of carboxylic acid groups (broad SMARTS) is 1. The first kappa shape index (κ1) is 14.4.